The van der Waals surface area contributed by atoms with E-state index in [1.165, 1.54) is 0 Å². The second-order valence-corrected chi connectivity index (χ2v) is 5.21. The van der Waals surface area contributed by atoms with Crippen LogP contribution in [0.1, 0.15) is 39.5 Å². The van der Waals surface area contributed by atoms with E-state index in [2.05, 4.69) is 19.2 Å². The molecule has 4 nitrogen and oxygen atoms in total. The van der Waals surface area contributed by atoms with Gasteiger partial charge in [-0.3, -0.25) is 4.79 Å². The highest BCUT2D eigenvalue weighted by Gasteiger charge is 2.50. The third-order valence-electron chi connectivity index (χ3n) is 3.62. The number of hydrogen-bond acceptors (Lipinski definition) is 3. The predicted octanol–water partition coefficient (Wildman–Crippen LogP) is 1.89. The minimum atomic E-state index is -0.869. The molecule has 0 aliphatic heterocycles. The number of hydrogen-bond donors (Lipinski definition) is 2. The first-order valence-electron chi connectivity index (χ1n) is 6.56. The van der Waals surface area contributed by atoms with Crippen LogP contribution < -0.4 is 5.32 Å². The maximum Gasteiger partial charge on any atom is 0.326 e. The SMILES string of the molecule is CCCC(C)COCC(NC)(C(=O)O)C1CC1. The first-order chi connectivity index (χ1) is 8.06. The van der Waals surface area contributed by atoms with Gasteiger partial charge in [0.2, 0.25) is 0 Å². The summed E-state index contributed by atoms with van der Waals surface area (Å²) >= 11 is 0. The van der Waals surface area contributed by atoms with Gasteiger partial charge >= 0.3 is 5.97 Å². The van der Waals surface area contributed by atoms with Gasteiger partial charge in [0, 0.05) is 6.61 Å². The quantitative estimate of drug-likeness (QED) is 0.649. The normalized spacial score (nSPS) is 20.9. The third kappa shape index (κ3) is 3.68. The number of aliphatic carboxylic acids is 1. The van der Waals surface area contributed by atoms with Crippen LogP contribution in [0.15, 0.2) is 0 Å². The van der Waals surface area contributed by atoms with Crippen molar-refractivity contribution in [1.29, 1.82) is 0 Å². The van der Waals surface area contributed by atoms with Gasteiger partial charge in [0.1, 0.15) is 5.54 Å². The van der Waals surface area contributed by atoms with Crippen LogP contribution in [-0.4, -0.2) is 36.9 Å². The van der Waals surface area contributed by atoms with Crippen LogP contribution in [-0.2, 0) is 9.53 Å². The molecule has 0 spiro atoms. The Balaban J connectivity index is 2.42. The Kier molecular flexibility index (Phi) is 5.40. The first-order valence-corrected chi connectivity index (χ1v) is 6.56. The molecule has 0 aromatic rings. The molecule has 100 valence electrons. The van der Waals surface area contributed by atoms with Crippen molar-refractivity contribution in [2.45, 2.75) is 45.1 Å². The third-order valence-corrected chi connectivity index (χ3v) is 3.62. The molecule has 0 aromatic carbocycles. The summed E-state index contributed by atoms with van der Waals surface area (Å²) < 4.78 is 5.62. The maximum atomic E-state index is 11.4. The number of carboxylic acid groups (broad SMARTS) is 1. The van der Waals surface area contributed by atoms with Crippen molar-refractivity contribution in [3.8, 4) is 0 Å². The van der Waals surface area contributed by atoms with Crippen molar-refractivity contribution >= 4 is 5.97 Å². The molecule has 0 bridgehead atoms. The standard InChI is InChI=1S/C13H25NO3/c1-4-5-10(2)8-17-9-13(14-3,12(15)16)11-6-7-11/h10-11,14H,4-9H2,1-3H3,(H,15,16). The summed E-state index contributed by atoms with van der Waals surface area (Å²) in [5, 5.41) is 12.3. The second-order valence-electron chi connectivity index (χ2n) is 5.21. The Hall–Kier alpha value is -0.610. The van der Waals surface area contributed by atoms with Gasteiger partial charge in [-0.1, -0.05) is 20.3 Å². The van der Waals surface area contributed by atoms with Crippen LogP contribution >= 0.6 is 0 Å². The summed E-state index contributed by atoms with van der Waals surface area (Å²) in [6.45, 7) is 5.22. The van der Waals surface area contributed by atoms with Crippen LogP contribution in [0.3, 0.4) is 0 Å². The van der Waals surface area contributed by atoms with E-state index in [-0.39, 0.29) is 12.5 Å². The zero-order valence-corrected chi connectivity index (χ0v) is 11.2. The largest absolute Gasteiger partial charge is 0.480 e. The molecule has 1 aliphatic carbocycles. The Labute approximate surface area is 104 Å². The van der Waals surface area contributed by atoms with Crippen LogP contribution in [0, 0.1) is 11.8 Å². The molecule has 0 amide bonds. The van der Waals surface area contributed by atoms with Gasteiger partial charge in [-0.05, 0) is 38.1 Å². The van der Waals surface area contributed by atoms with E-state index in [1.54, 1.807) is 7.05 Å². The highest BCUT2D eigenvalue weighted by Crippen LogP contribution is 2.40. The van der Waals surface area contributed by atoms with Gasteiger partial charge < -0.3 is 15.2 Å². The number of nitrogens with one attached hydrogen (secondary N) is 1. The molecule has 2 unspecified atom stereocenters. The Morgan fingerprint density at radius 1 is 1.59 bits per heavy atom. The van der Waals surface area contributed by atoms with Gasteiger partial charge in [0.15, 0.2) is 0 Å². The molecule has 0 saturated heterocycles. The zero-order chi connectivity index (χ0) is 12.9. The fourth-order valence-corrected chi connectivity index (χ4v) is 2.31. The van der Waals surface area contributed by atoms with Gasteiger partial charge in [0.25, 0.3) is 0 Å². The Morgan fingerprint density at radius 2 is 2.24 bits per heavy atom. The van der Waals surface area contributed by atoms with Crippen molar-refractivity contribution in [2.24, 2.45) is 11.8 Å². The summed E-state index contributed by atoms with van der Waals surface area (Å²) in [4.78, 5) is 11.4. The van der Waals surface area contributed by atoms with Crippen LogP contribution in [0.25, 0.3) is 0 Å². The molecule has 0 radical (unpaired) electrons. The number of likely N-dealkylation sites (N-methyl/N-ethyl adjacent to an activating group) is 1. The minimum absolute atomic E-state index is 0.228. The lowest BCUT2D eigenvalue weighted by molar-refractivity contribution is -0.149. The predicted molar refractivity (Wildman–Crippen MR) is 67.0 cm³/mol. The van der Waals surface area contributed by atoms with Crippen molar-refractivity contribution in [3.05, 3.63) is 0 Å². The molecule has 2 atom stereocenters. The van der Waals surface area contributed by atoms with Gasteiger partial charge in [0.05, 0.1) is 6.61 Å². The molecule has 1 aliphatic rings. The van der Waals surface area contributed by atoms with E-state index in [0.29, 0.717) is 12.5 Å². The molecule has 1 fully saturated rings. The van der Waals surface area contributed by atoms with Crippen LogP contribution in [0.2, 0.25) is 0 Å². The monoisotopic (exact) mass is 243 g/mol. The average molecular weight is 243 g/mol. The molecular weight excluding hydrogens is 218 g/mol. The average Bonchev–Trinajstić information content (AvgIpc) is 3.08. The Morgan fingerprint density at radius 3 is 2.65 bits per heavy atom. The summed E-state index contributed by atoms with van der Waals surface area (Å²) in [5.74, 6) is -0.0559. The molecule has 2 N–H and O–H groups in total. The molecule has 17 heavy (non-hydrogen) atoms. The topological polar surface area (TPSA) is 58.6 Å². The number of carbonyl (C=O) groups is 1. The van der Waals surface area contributed by atoms with Crippen LogP contribution in [0.5, 0.6) is 0 Å². The molecular formula is C13H25NO3. The van der Waals surface area contributed by atoms with Crippen LogP contribution in [0.4, 0.5) is 0 Å². The zero-order valence-electron chi connectivity index (χ0n) is 11.2. The maximum absolute atomic E-state index is 11.4. The fourth-order valence-electron chi connectivity index (χ4n) is 2.31. The van der Waals surface area contributed by atoms with E-state index in [9.17, 15) is 9.90 Å². The summed E-state index contributed by atoms with van der Waals surface area (Å²) in [5.41, 5.74) is -0.869. The summed E-state index contributed by atoms with van der Waals surface area (Å²) in [6.07, 6.45) is 4.24. The number of ether oxygens (including phenoxy) is 1. The van der Waals surface area contributed by atoms with E-state index in [1.807, 2.05) is 0 Å². The van der Waals surface area contributed by atoms with Crippen molar-refractivity contribution in [2.75, 3.05) is 20.3 Å². The van der Waals surface area contributed by atoms with Crippen molar-refractivity contribution in [1.82, 2.24) is 5.32 Å². The number of carboxylic acids is 1. The molecule has 0 aromatic heterocycles. The smallest absolute Gasteiger partial charge is 0.326 e. The van der Waals surface area contributed by atoms with Crippen molar-refractivity contribution < 1.29 is 14.6 Å². The summed E-state index contributed by atoms with van der Waals surface area (Å²) in [7, 11) is 1.71. The molecule has 1 rings (SSSR count). The van der Waals surface area contributed by atoms with Gasteiger partial charge in [-0.25, -0.2) is 0 Å². The molecule has 4 heteroatoms. The van der Waals surface area contributed by atoms with E-state index in [0.717, 1.165) is 25.7 Å². The lowest BCUT2D eigenvalue weighted by atomic mass is 9.94. The first kappa shape index (κ1) is 14.5. The highest BCUT2D eigenvalue weighted by atomic mass is 16.5. The van der Waals surface area contributed by atoms with E-state index >= 15 is 0 Å². The van der Waals surface area contributed by atoms with Gasteiger partial charge in [-0.15, -0.1) is 0 Å². The highest BCUT2D eigenvalue weighted by molar-refractivity contribution is 5.80. The lowest BCUT2D eigenvalue weighted by Gasteiger charge is -2.29. The molecule has 0 heterocycles. The van der Waals surface area contributed by atoms with E-state index in [4.69, 9.17) is 4.74 Å². The number of rotatable bonds is 9. The molecule has 1 saturated carbocycles. The second kappa shape index (κ2) is 6.36. The van der Waals surface area contributed by atoms with Gasteiger partial charge in [-0.2, -0.15) is 0 Å². The lowest BCUT2D eigenvalue weighted by Crippen LogP contribution is -2.56. The van der Waals surface area contributed by atoms with Crippen molar-refractivity contribution in [3.63, 3.8) is 0 Å². The summed E-state index contributed by atoms with van der Waals surface area (Å²) in [6, 6.07) is 0. The minimum Gasteiger partial charge on any atom is -0.480 e. The van der Waals surface area contributed by atoms with E-state index < -0.39 is 11.5 Å². The Bertz CT molecular complexity index is 253. The fraction of sp³-hybridized carbons (Fsp3) is 0.923.